The number of aliphatic hydroxyl groups excluding tert-OH is 1. The first kappa shape index (κ1) is 14.5. The molecule has 3 nitrogen and oxygen atoms in total. The lowest BCUT2D eigenvalue weighted by molar-refractivity contribution is 0.0143. The third-order valence-electron chi connectivity index (χ3n) is 3.54. The maximum atomic E-state index is 10.3. The Labute approximate surface area is 116 Å². The second-order valence-corrected chi connectivity index (χ2v) is 5.77. The number of β-amino-alcohol motifs (C(OH)–C–C–N with tert-alkyl or cyclic N) is 1. The van der Waals surface area contributed by atoms with E-state index >= 15 is 0 Å². The fourth-order valence-corrected chi connectivity index (χ4v) is 2.48. The number of hydrogen-bond acceptors (Lipinski definition) is 3. The van der Waals surface area contributed by atoms with Crippen molar-refractivity contribution in [3.63, 3.8) is 0 Å². The Bertz CT molecular complexity index is 369. The fourth-order valence-electron chi connectivity index (χ4n) is 2.48. The van der Waals surface area contributed by atoms with Gasteiger partial charge >= 0.3 is 0 Å². The summed E-state index contributed by atoms with van der Waals surface area (Å²) in [6.07, 6.45) is 0.700. The second kappa shape index (κ2) is 7.04. The molecule has 2 rings (SSSR count). The van der Waals surface area contributed by atoms with Crippen LogP contribution in [0.25, 0.3) is 0 Å². The third kappa shape index (κ3) is 4.60. The highest BCUT2D eigenvalue weighted by molar-refractivity contribution is 5.24. The van der Waals surface area contributed by atoms with Crippen LogP contribution in [0.4, 0.5) is 0 Å². The molecule has 106 valence electrons. The number of rotatable bonds is 5. The number of nitrogens with zero attached hydrogens (tertiary/aromatic N) is 1. The zero-order valence-electron chi connectivity index (χ0n) is 12.0. The first-order valence-electron chi connectivity index (χ1n) is 7.22. The maximum absolute atomic E-state index is 10.3. The van der Waals surface area contributed by atoms with Crippen molar-refractivity contribution in [2.45, 2.75) is 26.4 Å². The van der Waals surface area contributed by atoms with Gasteiger partial charge in [0.1, 0.15) is 0 Å². The number of ether oxygens (including phenoxy) is 1. The lowest BCUT2D eigenvalue weighted by Crippen LogP contribution is -2.38. The molecule has 1 aromatic carbocycles. The van der Waals surface area contributed by atoms with Gasteiger partial charge in [0.05, 0.1) is 19.3 Å². The van der Waals surface area contributed by atoms with E-state index in [-0.39, 0.29) is 0 Å². The summed E-state index contributed by atoms with van der Waals surface area (Å²) in [5, 5.41) is 10.3. The molecule has 3 heteroatoms. The van der Waals surface area contributed by atoms with Crippen molar-refractivity contribution >= 4 is 0 Å². The highest BCUT2D eigenvalue weighted by Gasteiger charge is 2.16. The molecular formula is C16H25NO2. The lowest BCUT2D eigenvalue weighted by Gasteiger charge is -2.28. The molecule has 19 heavy (non-hydrogen) atoms. The molecule has 1 heterocycles. The van der Waals surface area contributed by atoms with Crippen molar-refractivity contribution in [3.8, 4) is 0 Å². The Kier molecular flexibility index (Phi) is 5.37. The second-order valence-electron chi connectivity index (χ2n) is 5.77. The molecule has 1 aromatic rings. The van der Waals surface area contributed by atoms with Crippen LogP contribution in [0.1, 0.15) is 31.1 Å². The van der Waals surface area contributed by atoms with Crippen LogP contribution in [0.15, 0.2) is 24.3 Å². The van der Waals surface area contributed by atoms with Gasteiger partial charge in [-0.1, -0.05) is 38.1 Å². The summed E-state index contributed by atoms with van der Waals surface area (Å²) < 4.78 is 5.32. The van der Waals surface area contributed by atoms with Crippen molar-refractivity contribution in [3.05, 3.63) is 35.4 Å². The van der Waals surface area contributed by atoms with Crippen LogP contribution in [-0.2, 0) is 11.2 Å². The summed E-state index contributed by atoms with van der Waals surface area (Å²) in [5.41, 5.74) is 2.36. The molecule has 0 aromatic heterocycles. The van der Waals surface area contributed by atoms with Crippen molar-refractivity contribution < 1.29 is 9.84 Å². The molecule has 0 saturated carbocycles. The smallest absolute Gasteiger partial charge is 0.0916 e. The standard InChI is InChI=1S/C16H25NO2/c1-13(2)11-14-3-5-15(6-4-14)16(18)12-17-7-9-19-10-8-17/h3-6,13,16,18H,7-12H2,1-2H3. The summed E-state index contributed by atoms with van der Waals surface area (Å²) in [6.45, 7) is 8.54. The SMILES string of the molecule is CC(C)Cc1ccc(C(O)CN2CCOCC2)cc1. The summed E-state index contributed by atoms with van der Waals surface area (Å²) in [6, 6.07) is 8.39. The molecule has 1 fully saturated rings. The van der Waals surface area contributed by atoms with Gasteiger partial charge in [-0.2, -0.15) is 0 Å². The summed E-state index contributed by atoms with van der Waals surface area (Å²) in [5.74, 6) is 0.670. The van der Waals surface area contributed by atoms with E-state index in [2.05, 4.69) is 43.0 Å². The first-order valence-corrected chi connectivity index (χ1v) is 7.22. The van der Waals surface area contributed by atoms with Crippen molar-refractivity contribution in [1.29, 1.82) is 0 Å². The summed E-state index contributed by atoms with van der Waals surface area (Å²) in [4.78, 5) is 2.26. The van der Waals surface area contributed by atoms with Gasteiger partial charge in [0.25, 0.3) is 0 Å². The first-order chi connectivity index (χ1) is 9.15. The van der Waals surface area contributed by atoms with E-state index in [1.54, 1.807) is 0 Å². The van der Waals surface area contributed by atoms with Gasteiger partial charge in [-0.15, -0.1) is 0 Å². The van der Waals surface area contributed by atoms with Crippen molar-refractivity contribution in [2.24, 2.45) is 5.92 Å². The highest BCUT2D eigenvalue weighted by atomic mass is 16.5. The van der Waals surface area contributed by atoms with Crippen LogP contribution in [0.3, 0.4) is 0 Å². The van der Waals surface area contributed by atoms with Crippen LogP contribution < -0.4 is 0 Å². The molecule has 1 saturated heterocycles. The summed E-state index contributed by atoms with van der Waals surface area (Å²) in [7, 11) is 0. The number of aliphatic hydroxyl groups is 1. The topological polar surface area (TPSA) is 32.7 Å². The van der Waals surface area contributed by atoms with Gasteiger partial charge in [0.15, 0.2) is 0 Å². The van der Waals surface area contributed by atoms with Gasteiger partial charge in [-0.25, -0.2) is 0 Å². The molecule has 1 atom stereocenters. The van der Waals surface area contributed by atoms with E-state index in [0.29, 0.717) is 12.5 Å². The normalized spacial score (nSPS) is 18.7. The van der Waals surface area contributed by atoms with E-state index < -0.39 is 6.10 Å². The molecule has 1 aliphatic heterocycles. The molecular weight excluding hydrogens is 238 g/mol. The van der Waals surface area contributed by atoms with Crippen LogP contribution in [0, 0.1) is 5.92 Å². The lowest BCUT2D eigenvalue weighted by atomic mass is 10.00. The van der Waals surface area contributed by atoms with Crippen molar-refractivity contribution in [2.75, 3.05) is 32.8 Å². The van der Waals surface area contributed by atoms with E-state index in [1.165, 1.54) is 5.56 Å². The largest absolute Gasteiger partial charge is 0.387 e. The Morgan fingerprint density at radius 1 is 1.16 bits per heavy atom. The average molecular weight is 263 g/mol. The predicted octanol–water partition coefficient (Wildman–Crippen LogP) is 2.25. The van der Waals surface area contributed by atoms with E-state index in [9.17, 15) is 5.11 Å². The van der Waals surface area contributed by atoms with E-state index in [4.69, 9.17) is 4.74 Å². The molecule has 0 bridgehead atoms. The average Bonchev–Trinajstić information content (AvgIpc) is 2.40. The molecule has 0 aliphatic carbocycles. The maximum Gasteiger partial charge on any atom is 0.0916 e. The minimum absolute atomic E-state index is 0.397. The Morgan fingerprint density at radius 2 is 1.79 bits per heavy atom. The van der Waals surface area contributed by atoms with E-state index in [0.717, 1.165) is 38.3 Å². The van der Waals surface area contributed by atoms with Gasteiger partial charge in [0.2, 0.25) is 0 Å². The van der Waals surface area contributed by atoms with Crippen LogP contribution in [0.5, 0.6) is 0 Å². The Hall–Kier alpha value is -0.900. The molecule has 0 amide bonds. The van der Waals surface area contributed by atoms with Gasteiger partial charge < -0.3 is 9.84 Å². The molecule has 0 radical (unpaired) electrons. The fraction of sp³-hybridized carbons (Fsp3) is 0.625. The number of benzene rings is 1. The minimum atomic E-state index is -0.397. The Morgan fingerprint density at radius 3 is 2.37 bits per heavy atom. The summed E-state index contributed by atoms with van der Waals surface area (Å²) >= 11 is 0. The minimum Gasteiger partial charge on any atom is -0.387 e. The zero-order valence-corrected chi connectivity index (χ0v) is 12.0. The highest BCUT2D eigenvalue weighted by Crippen LogP contribution is 2.17. The molecule has 1 aliphatic rings. The quantitative estimate of drug-likeness (QED) is 0.884. The van der Waals surface area contributed by atoms with Crippen LogP contribution >= 0.6 is 0 Å². The van der Waals surface area contributed by atoms with E-state index in [1.807, 2.05) is 0 Å². The number of morpholine rings is 1. The van der Waals surface area contributed by atoms with Crippen LogP contribution in [0.2, 0.25) is 0 Å². The zero-order chi connectivity index (χ0) is 13.7. The van der Waals surface area contributed by atoms with Gasteiger partial charge in [-0.05, 0) is 23.5 Å². The number of hydrogen-bond donors (Lipinski definition) is 1. The monoisotopic (exact) mass is 263 g/mol. The van der Waals surface area contributed by atoms with Gasteiger partial charge in [0, 0.05) is 19.6 Å². The Balaban J connectivity index is 1.89. The predicted molar refractivity (Wildman–Crippen MR) is 77.2 cm³/mol. The van der Waals surface area contributed by atoms with Gasteiger partial charge in [-0.3, -0.25) is 4.90 Å². The molecule has 1 N–H and O–H groups in total. The molecule has 1 unspecified atom stereocenters. The molecule has 0 spiro atoms. The van der Waals surface area contributed by atoms with Crippen molar-refractivity contribution in [1.82, 2.24) is 4.90 Å². The van der Waals surface area contributed by atoms with Crippen LogP contribution in [-0.4, -0.2) is 42.9 Å². The third-order valence-corrected chi connectivity index (χ3v) is 3.54.